The van der Waals surface area contributed by atoms with Gasteiger partial charge in [-0.25, -0.2) is 4.68 Å². The van der Waals surface area contributed by atoms with Gasteiger partial charge in [-0.2, -0.15) is 0 Å². The molecule has 0 amide bonds. The highest BCUT2D eigenvalue weighted by molar-refractivity contribution is 5.98. The number of nitrogens with one attached hydrogen (secondary N) is 2. The van der Waals surface area contributed by atoms with Crippen molar-refractivity contribution in [1.29, 1.82) is 0 Å². The third-order valence-corrected chi connectivity index (χ3v) is 4.06. The van der Waals surface area contributed by atoms with Crippen LogP contribution in [0.1, 0.15) is 61.1 Å². The van der Waals surface area contributed by atoms with Crippen molar-refractivity contribution in [1.82, 2.24) is 15.1 Å². The number of H-pyrrole nitrogens is 1. The lowest BCUT2D eigenvalue weighted by molar-refractivity contribution is 0.0989. The highest BCUT2D eigenvalue weighted by Gasteiger charge is 2.23. The smallest absolute Gasteiger partial charge is 0.282 e. The molecule has 0 unspecified atom stereocenters. The van der Waals surface area contributed by atoms with Gasteiger partial charge in [0, 0.05) is 0 Å². The van der Waals surface area contributed by atoms with E-state index in [2.05, 4.69) is 17.3 Å². The SMILES string of the molecule is CCCCNCC(=O)c1c(C(C)C)[nH]n(-c2ccc(C)cc2)c1=O. The summed E-state index contributed by atoms with van der Waals surface area (Å²) in [6.45, 7) is 9.04. The van der Waals surface area contributed by atoms with Crippen LogP contribution in [0.5, 0.6) is 0 Å². The van der Waals surface area contributed by atoms with Gasteiger partial charge in [0.25, 0.3) is 5.56 Å². The van der Waals surface area contributed by atoms with Gasteiger partial charge in [-0.05, 0) is 37.9 Å². The fraction of sp³-hybridized carbons (Fsp3) is 0.474. The Morgan fingerprint density at radius 2 is 1.92 bits per heavy atom. The van der Waals surface area contributed by atoms with Gasteiger partial charge in [-0.1, -0.05) is 44.9 Å². The number of unbranched alkanes of at least 4 members (excludes halogenated alkanes) is 1. The van der Waals surface area contributed by atoms with E-state index in [4.69, 9.17) is 0 Å². The molecule has 1 heterocycles. The van der Waals surface area contributed by atoms with Crippen molar-refractivity contribution in [2.45, 2.75) is 46.5 Å². The number of rotatable bonds is 8. The average molecular weight is 329 g/mol. The minimum atomic E-state index is -0.273. The van der Waals surface area contributed by atoms with E-state index in [-0.39, 0.29) is 29.4 Å². The van der Waals surface area contributed by atoms with Crippen LogP contribution in [-0.4, -0.2) is 28.7 Å². The van der Waals surface area contributed by atoms with Crippen LogP contribution in [0.3, 0.4) is 0 Å². The molecule has 0 fully saturated rings. The van der Waals surface area contributed by atoms with Gasteiger partial charge in [0.15, 0.2) is 5.78 Å². The van der Waals surface area contributed by atoms with Gasteiger partial charge in [0.1, 0.15) is 5.56 Å². The predicted octanol–water partition coefficient (Wildman–Crippen LogP) is 3.17. The summed E-state index contributed by atoms with van der Waals surface area (Å²) in [5.41, 5.74) is 2.56. The lowest BCUT2D eigenvalue weighted by Gasteiger charge is -2.06. The zero-order valence-electron chi connectivity index (χ0n) is 15.0. The highest BCUT2D eigenvalue weighted by Crippen LogP contribution is 2.17. The van der Waals surface area contributed by atoms with Gasteiger partial charge in [-0.15, -0.1) is 0 Å². The number of carbonyl (C=O) groups is 1. The number of aryl methyl sites for hydroxylation is 1. The van der Waals surface area contributed by atoms with Crippen molar-refractivity contribution in [3.05, 3.63) is 51.4 Å². The highest BCUT2D eigenvalue weighted by atomic mass is 16.2. The van der Waals surface area contributed by atoms with Gasteiger partial charge >= 0.3 is 0 Å². The number of carbonyl (C=O) groups excluding carboxylic acids is 1. The lowest BCUT2D eigenvalue weighted by Crippen LogP contribution is -2.29. The van der Waals surface area contributed by atoms with Crippen LogP contribution in [0.2, 0.25) is 0 Å². The monoisotopic (exact) mass is 329 g/mol. The predicted molar refractivity (Wildman–Crippen MR) is 97.3 cm³/mol. The van der Waals surface area contributed by atoms with Crippen LogP contribution in [0.4, 0.5) is 0 Å². The topological polar surface area (TPSA) is 66.9 Å². The van der Waals surface area contributed by atoms with Crippen molar-refractivity contribution >= 4 is 5.78 Å². The van der Waals surface area contributed by atoms with Crippen LogP contribution in [-0.2, 0) is 0 Å². The molecule has 0 bridgehead atoms. The Bertz CT molecular complexity index is 739. The molecule has 0 aliphatic carbocycles. The number of Topliss-reactive ketones (excluding diaryl/α,β-unsaturated/α-hetero) is 1. The summed E-state index contributed by atoms with van der Waals surface area (Å²) in [5, 5.41) is 6.25. The van der Waals surface area contributed by atoms with Crippen molar-refractivity contribution < 1.29 is 4.79 Å². The first-order chi connectivity index (χ1) is 11.5. The summed E-state index contributed by atoms with van der Waals surface area (Å²) >= 11 is 0. The number of ketones is 1. The molecule has 0 atom stereocenters. The molecule has 2 aromatic rings. The van der Waals surface area contributed by atoms with E-state index >= 15 is 0 Å². The molecule has 5 heteroatoms. The number of benzene rings is 1. The van der Waals surface area contributed by atoms with E-state index in [1.54, 1.807) is 0 Å². The molecule has 0 aliphatic rings. The maximum absolute atomic E-state index is 12.8. The van der Waals surface area contributed by atoms with E-state index < -0.39 is 0 Å². The van der Waals surface area contributed by atoms with E-state index in [1.165, 1.54) is 4.68 Å². The molecule has 2 rings (SSSR count). The van der Waals surface area contributed by atoms with Crippen molar-refractivity contribution in [2.24, 2.45) is 0 Å². The lowest BCUT2D eigenvalue weighted by atomic mass is 10.0. The summed E-state index contributed by atoms with van der Waals surface area (Å²) in [5.74, 6) is -0.0825. The first kappa shape index (κ1) is 18.2. The van der Waals surface area contributed by atoms with Crippen LogP contribution in [0.25, 0.3) is 5.69 Å². The van der Waals surface area contributed by atoms with Crippen LogP contribution in [0.15, 0.2) is 29.1 Å². The average Bonchev–Trinajstić information content (AvgIpc) is 2.90. The first-order valence-corrected chi connectivity index (χ1v) is 8.61. The summed E-state index contributed by atoms with van der Waals surface area (Å²) in [7, 11) is 0. The molecular weight excluding hydrogens is 302 g/mol. The maximum atomic E-state index is 12.8. The molecule has 5 nitrogen and oxygen atoms in total. The van der Waals surface area contributed by atoms with Crippen molar-refractivity contribution in [2.75, 3.05) is 13.1 Å². The van der Waals surface area contributed by atoms with Crippen LogP contribution < -0.4 is 10.9 Å². The molecular formula is C19H27N3O2. The summed E-state index contributed by atoms with van der Waals surface area (Å²) < 4.78 is 1.47. The minimum absolute atomic E-state index is 0.0685. The standard InChI is InChI=1S/C19H27N3O2/c1-5-6-11-20-12-16(23)17-18(13(2)3)21-22(19(17)24)15-9-7-14(4)8-10-15/h7-10,13,20-21H,5-6,11-12H2,1-4H3. The third-order valence-electron chi connectivity index (χ3n) is 4.06. The Kier molecular flexibility index (Phi) is 6.15. The van der Waals surface area contributed by atoms with Crippen molar-refractivity contribution in [3.63, 3.8) is 0 Å². The first-order valence-electron chi connectivity index (χ1n) is 8.61. The summed E-state index contributed by atoms with van der Waals surface area (Å²) in [6.07, 6.45) is 2.09. The Balaban J connectivity index is 2.35. The Morgan fingerprint density at radius 3 is 2.50 bits per heavy atom. The molecule has 24 heavy (non-hydrogen) atoms. The molecule has 2 N–H and O–H groups in total. The largest absolute Gasteiger partial charge is 0.310 e. The molecule has 1 aromatic carbocycles. The van der Waals surface area contributed by atoms with Gasteiger partial charge in [0.05, 0.1) is 17.9 Å². The zero-order valence-corrected chi connectivity index (χ0v) is 15.0. The molecule has 0 saturated carbocycles. The molecule has 0 radical (unpaired) electrons. The van der Waals surface area contributed by atoms with E-state index in [0.29, 0.717) is 5.69 Å². The Morgan fingerprint density at radius 1 is 1.25 bits per heavy atom. The maximum Gasteiger partial charge on any atom is 0.282 e. The van der Waals surface area contributed by atoms with E-state index in [9.17, 15) is 9.59 Å². The molecule has 0 aliphatic heterocycles. The van der Waals surface area contributed by atoms with E-state index in [1.807, 2.05) is 45.0 Å². The molecule has 0 saturated heterocycles. The number of hydrogen-bond acceptors (Lipinski definition) is 3. The number of aromatic nitrogens is 2. The fourth-order valence-corrected chi connectivity index (χ4v) is 2.61. The molecule has 0 spiro atoms. The summed E-state index contributed by atoms with van der Waals surface area (Å²) in [4.78, 5) is 25.3. The van der Waals surface area contributed by atoms with E-state index in [0.717, 1.165) is 30.6 Å². The van der Waals surface area contributed by atoms with Gasteiger partial charge in [0.2, 0.25) is 0 Å². The minimum Gasteiger partial charge on any atom is -0.310 e. The molecule has 130 valence electrons. The third kappa shape index (κ3) is 4.03. The Labute approximate surface area is 143 Å². The fourth-order valence-electron chi connectivity index (χ4n) is 2.61. The number of aromatic amines is 1. The quantitative estimate of drug-likeness (QED) is 0.577. The zero-order chi connectivity index (χ0) is 17.7. The second-order valence-corrected chi connectivity index (χ2v) is 6.48. The second-order valence-electron chi connectivity index (χ2n) is 6.48. The summed E-state index contributed by atoms with van der Waals surface area (Å²) in [6, 6.07) is 7.66. The second kappa shape index (κ2) is 8.11. The molecule has 1 aromatic heterocycles. The normalized spacial score (nSPS) is 11.2. The van der Waals surface area contributed by atoms with Gasteiger partial charge in [-0.3, -0.25) is 14.7 Å². The Hall–Kier alpha value is -2.14. The van der Waals surface area contributed by atoms with Crippen LogP contribution >= 0.6 is 0 Å². The van der Waals surface area contributed by atoms with Crippen molar-refractivity contribution in [3.8, 4) is 5.69 Å². The van der Waals surface area contributed by atoms with Gasteiger partial charge < -0.3 is 5.32 Å². The number of hydrogen-bond donors (Lipinski definition) is 2. The van der Waals surface area contributed by atoms with Crippen LogP contribution in [0, 0.1) is 6.92 Å². The number of nitrogens with zero attached hydrogens (tertiary/aromatic N) is 1.